The second kappa shape index (κ2) is 42.4. The Kier molecular flexibility index (Phi) is 37.0. The number of para-hydroxylation sites is 1. The maximum Gasteiger partial charge on any atom is 0.499 e. The molecule has 32 heteroatoms. The summed E-state index contributed by atoms with van der Waals surface area (Å²) in [5.41, 5.74) is 4.55. The molecule has 0 saturated heterocycles. The van der Waals surface area contributed by atoms with Crippen molar-refractivity contribution in [2.24, 2.45) is 0 Å². The van der Waals surface area contributed by atoms with Gasteiger partial charge in [0.25, 0.3) is 0 Å². The lowest BCUT2D eigenvalue weighted by Crippen LogP contribution is -2.29. The summed E-state index contributed by atoms with van der Waals surface area (Å²) in [6.45, 7) is 6.99. The van der Waals surface area contributed by atoms with Gasteiger partial charge in [-0.05, 0) is 115 Å². The minimum absolute atomic E-state index is 0.0260. The van der Waals surface area contributed by atoms with Gasteiger partial charge >= 0.3 is 63.1 Å². The molecule has 0 aliphatic rings. The van der Waals surface area contributed by atoms with Crippen LogP contribution in [0.5, 0.6) is 23.0 Å². The molecule has 0 amide bonds. The van der Waals surface area contributed by atoms with Crippen LogP contribution >= 0.6 is 11.3 Å². The van der Waals surface area contributed by atoms with E-state index < -0.39 is 63.1 Å². The molecule has 16 N–H and O–H groups in total. The van der Waals surface area contributed by atoms with Gasteiger partial charge in [-0.1, -0.05) is 178 Å². The Morgan fingerprint density at radius 3 is 1.05 bits per heavy atom. The van der Waals surface area contributed by atoms with E-state index in [-0.39, 0.29) is 22.4 Å². The SMILES string of the molecule is CC(C)(C)c1ccc(B(O)O)cc1.CC(F)(F)Oc1ccc(B(O)O)cc1.COc1ccc(B(O)O)cc1.O=Cc1cccc(B(O)O)c1.OB(O)c1ccc(F)cc1.OB(O)c1ccc(Oc2ccccc2)cc1.OB(O)c1ccccc1.OB(O)c1cccs1. The average Bonchev–Trinajstić information content (AvgIpc) is 3.54. The van der Waals surface area contributed by atoms with Gasteiger partial charge in [-0.2, -0.15) is 20.1 Å². The summed E-state index contributed by atoms with van der Waals surface area (Å²) < 4.78 is 52.1. The predicted octanol–water partition coefficient (Wildman–Crippen LogP) is -0.966. The monoisotopic (exact) mass is 1290 g/mol. The maximum absolute atomic E-state index is 12.3. The Morgan fingerprint density at radius 2 is 0.728 bits per heavy atom. The number of aldehydes is 1. The van der Waals surface area contributed by atoms with Crippen molar-refractivity contribution >= 4 is 118 Å². The van der Waals surface area contributed by atoms with E-state index in [9.17, 15) is 18.0 Å². The van der Waals surface area contributed by atoms with Gasteiger partial charge in [0.15, 0.2) is 0 Å². The fraction of sp³-hybridized carbons (Fsp3) is 0.117. The van der Waals surface area contributed by atoms with Gasteiger partial charge in [0.2, 0.25) is 0 Å². The van der Waals surface area contributed by atoms with Gasteiger partial charge in [0.05, 0.1) is 7.11 Å². The van der Waals surface area contributed by atoms with E-state index in [1.54, 1.807) is 122 Å². The van der Waals surface area contributed by atoms with Crippen LogP contribution in [-0.2, 0) is 5.41 Å². The van der Waals surface area contributed by atoms with Crippen molar-refractivity contribution in [1.82, 2.24) is 0 Å². The van der Waals surface area contributed by atoms with Crippen molar-refractivity contribution < 1.29 is 113 Å². The van der Waals surface area contributed by atoms with Gasteiger partial charge < -0.3 is 94.6 Å². The van der Waals surface area contributed by atoms with Crippen LogP contribution in [0.3, 0.4) is 0 Å². The number of benzene rings is 8. The Balaban J connectivity index is 0.000000361. The first-order chi connectivity index (χ1) is 43.3. The van der Waals surface area contributed by atoms with E-state index >= 15 is 0 Å². The maximum atomic E-state index is 12.3. The molecule has 1 heterocycles. The third-order valence-corrected chi connectivity index (χ3v) is 12.4. The second-order valence-corrected chi connectivity index (χ2v) is 20.8. The summed E-state index contributed by atoms with van der Waals surface area (Å²) in [4.78, 5) is 10.2. The van der Waals surface area contributed by atoms with Crippen molar-refractivity contribution in [3.05, 3.63) is 241 Å². The molecule has 0 spiro atoms. The van der Waals surface area contributed by atoms with Gasteiger partial charge in [0.1, 0.15) is 35.1 Å². The number of halogens is 3. The summed E-state index contributed by atoms with van der Waals surface area (Å²) in [7, 11) is -9.91. The van der Waals surface area contributed by atoms with Crippen LogP contribution in [0.15, 0.2) is 224 Å². The van der Waals surface area contributed by atoms with Crippen LogP contribution in [0.25, 0.3) is 0 Å². The third-order valence-electron chi connectivity index (χ3n) is 11.5. The number of ether oxygens (including phenoxy) is 3. The highest BCUT2D eigenvalue weighted by Crippen LogP contribution is 2.22. The Bertz CT molecular complexity index is 3360. The van der Waals surface area contributed by atoms with Crippen molar-refractivity contribution in [2.75, 3.05) is 7.11 Å². The molecule has 0 saturated carbocycles. The molecule has 20 nitrogen and oxygen atoms in total. The van der Waals surface area contributed by atoms with E-state index in [1.807, 2.05) is 48.5 Å². The zero-order valence-corrected chi connectivity index (χ0v) is 51.2. The molecule has 0 atom stereocenters. The molecule has 9 rings (SSSR count). The van der Waals surface area contributed by atoms with Crippen molar-refractivity contribution in [1.29, 1.82) is 0 Å². The van der Waals surface area contributed by atoms with Gasteiger partial charge in [-0.25, -0.2) is 4.39 Å². The molecule has 0 aliphatic heterocycles. The smallest absolute Gasteiger partial charge is 0.497 e. The minimum Gasteiger partial charge on any atom is -0.497 e. The Morgan fingerprint density at radius 1 is 0.380 bits per heavy atom. The molecule has 0 fully saturated rings. The summed E-state index contributed by atoms with van der Waals surface area (Å²) >= 11 is 1.33. The fourth-order valence-electron chi connectivity index (χ4n) is 6.67. The van der Waals surface area contributed by atoms with Gasteiger partial charge in [-0.15, -0.1) is 0 Å². The summed E-state index contributed by atoms with van der Waals surface area (Å²) in [6, 6.07) is 58.3. The number of hydrogen-bond acceptors (Lipinski definition) is 21. The molecule has 1 aromatic heterocycles. The molecular weight excluding hydrogens is 1220 g/mol. The first kappa shape index (κ1) is 80.3. The molecule has 8 aromatic carbocycles. The quantitative estimate of drug-likeness (QED) is 0.0460. The second-order valence-electron chi connectivity index (χ2n) is 19.9. The highest BCUT2D eigenvalue weighted by molar-refractivity contribution is 7.20. The average molecular weight is 1290 g/mol. The zero-order chi connectivity index (χ0) is 69.0. The van der Waals surface area contributed by atoms with Crippen molar-refractivity contribution in [3.63, 3.8) is 0 Å². The molecule has 0 aliphatic carbocycles. The summed E-state index contributed by atoms with van der Waals surface area (Å²) in [5.74, 6) is 1.70. The topological polar surface area (TPSA) is 368 Å². The first-order valence-electron chi connectivity index (χ1n) is 27.4. The number of hydrogen-bond donors (Lipinski definition) is 16. The molecule has 0 unspecified atom stereocenters. The van der Waals surface area contributed by atoms with E-state index in [2.05, 4.69) is 25.5 Å². The number of rotatable bonds is 14. The lowest BCUT2D eigenvalue weighted by atomic mass is 9.78. The number of thiophene rings is 1. The molecule has 92 heavy (non-hydrogen) atoms. The van der Waals surface area contributed by atoms with E-state index in [1.165, 1.54) is 77.6 Å². The normalized spacial score (nSPS) is 10.0. The van der Waals surface area contributed by atoms with Crippen LogP contribution in [0.1, 0.15) is 43.6 Å². The lowest BCUT2D eigenvalue weighted by Gasteiger charge is -2.19. The lowest BCUT2D eigenvalue weighted by molar-refractivity contribution is -0.158. The fourth-order valence-corrected chi connectivity index (χ4v) is 7.26. The number of alkyl halides is 2. The van der Waals surface area contributed by atoms with Gasteiger partial charge in [0, 0.05) is 17.3 Å². The minimum atomic E-state index is -3.24. The number of carbonyl (C=O) groups is 1. The highest BCUT2D eigenvalue weighted by Gasteiger charge is 2.23. The molecule has 9 aromatic rings. The summed E-state index contributed by atoms with van der Waals surface area (Å²) in [5, 5.41) is 141. The van der Waals surface area contributed by atoms with Crippen LogP contribution < -0.4 is 57.2 Å². The van der Waals surface area contributed by atoms with Gasteiger partial charge in [-0.3, -0.25) is 4.79 Å². The Hall–Kier alpha value is -7.80. The highest BCUT2D eigenvalue weighted by atomic mass is 32.1. The summed E-state index contributed by atoms with van der Waals surface area (Å²) in [6.07, 6.45) is -2.58. The van der Waals surface area contributed by atoms with E-state index in [4.69, 9.17) is 89.9 Å². The molecule has 0 radical (unpaired) electrons. The van der Waals surface area contributed by atoms with E-state index in [0.29, 0.717) is 67.8 Å². The third kappa shape index (κ3) is 34.0. The largest absolute Gasteiger partial charge is 0.499 e. The molecule has 0 bridgehead atoms. The van der Waals surface area contributed by atoms with Crippen LogP contribution in [0, 0.1) is 5.82 Å². The van der Waals surface area contributed by atoms with Crippen molar-refractivity contribution in [2.45, 2.75) is 39.2 Å². The van der Waals surface area contributed by atoms with Crippen LogP contribution in [-0.4, -0.2) is 157 Å². The zero-order valence-electron chi connectivity index (χ0n) is 50.4. The van der Waals surface area contributed by atoms with E-state index in [0.717, 1.165) is 5.75 Å². The standard InChI is InChI=1S/C12H11BO3.C10H15BO2.C8H9BF2O3.C7H9BO3.C7H7BO3.C6H6BFO2.C6H7BO2.C4H5BO2S/c14-13(15)10-6-8-12(9-7-10)16-11-4-2-1-3-5-11;1-10(2,3)8-4-6-9(7-5-8)11(12)13;1-8(10,11)14-7-4-2-6(3-5-7)9(12)13;1-11-7-4-2-6(3-5-7)8(9)10;9-5-6-2-1-3-7(4-6)8(10)11;8-6-3-1-5(2-4-6)7(9)10;8-7(9)6-4-2-1-3-5-6;6-5(7)4-2-1-3-8-4/h1-9,14-15H;4-7,12-13H,1-3H3;2-5,12-13H,1H3;2-5,9-10H,1H3;1-5,10-11H;1-4,9-10H;1-5,8-9H;1-3,6-7H. The molecule has 480 valence electrons. The number of methoxy groups -OCH3 is 1. The Labute approximate surface area is 537 Å². The van der Waals surface area contributed by atoms with Crippen molar-refractivity contribution in [3.8, 4) is 23.0 Å². The van der Waals surface area contributed by atoms with Crippen LogP contribution in [0.2, 0.25) is 0 Å². The van der Waals surface area contributed by atoms with Crippen LogP contribution in [0.4, 0.5) is 13.2 Å². The number of carbonyl (C=O) groups excluding carboxylic acids is 1. The first-order valence-corrected chi connectivity index (χ1v) is 28.2. The molecular formula is C60H69B8F3O20S. The predicted molar refractivity (Wildman–Crippen MR) is 356 cm³/mol.